The van der Waals surface area contributed by atoms with Gasteiger partial charge < -0.3 is 10.4 Å². The largest absolute Gasteiger partial charge is 0.507 e. The molecule has 5 nitrogen and oxygen atoms in total. The molecule has 4 rings (SSSR count). The van der Waals surface area contributed by atoms with Crippen molar-refractivity contribution in [3.05, 3.63) is 100 Å². The van der Waals surface area contributed by atoms with Crippen molar-refractivity contribution in [1.29, 1.82) is 0 Å². The Morgan fingerprint density at radius 1 is 0.969 bits per heavy atom. The van der Waals surface area contributed by atoms with Gasteiger partial charge in [-0.2, -0.15) is 5.10 Å². The second kappa shape index (κ2) is 8.67. The Kier molecular flexibility index (Phi) is 5.77. The van der Waals surface area contributed by atoms with Crippen molar-refractivity contribution in [3.63, 3.8) is 0 Å². The lowest BCUT2D eigenvalue weighted by molar-refractivity contribution is 0.0945. The molecule has 0 radical (unpaired) electrons. The van der Waals surface area contributed by atoms with Gasteiger partial charge in [0, 0.05) is 12.1 Å². The van der Waals surface area contributed by atoms with Gasteiger partial charge in [0.15, 0.2) is 5.69 Å². The quantitative estimate of drug-likeness (QED) is 0.456. The predicted molar refractivity (Wildman–Crippen MR) is 122 cm³/mol. The lowest BCUT2D eigenvalue weighted by Crippen LogP contribution is -2.23. The highest BCUT2D eigenvalue weighted by atomic mass is 19.1. The normalized spacial score (nSPS) is 10.9. The maximum atomic E-state index is 13.4. The van der Waals surface area contributed by atoms with Crippen LogP contribution in [0.25, 0.3) is 16.9 Å². The number of halogens is 1. The Morgan fingerprint density at radius 3 is 2.22 bits per heavy atom. The monoisotopic (exact) mass is 429 g/mol. The van der Waals surface area contributed by atoms with E-state index in [4.69, 9.17) is 0 Å². The number of nitrogens with zero attached hydrogens (tertiary/aromatic N) is 2. The van der Waals surface area contributed by atoms with Gasteiger partial charge in [0.2, 0.25) is 0 Å². The van der Waals surface area contributed by atoms with E-state index in [0.29, 0.717) is 12.2 Å². The van der Waals surface area contributed by atoms with Crippen LogP contribution in [0, 0.1) is 26.6 Å². The SMILES string of the molecule is Cc1ccc(-c2cc(C(=O)NCc3cc(C)c(O)c(C)c3)nn2-c2ccc(F)cc2)cc1. The first kappa shape index (κ1) is 21.3. The molecule has 1 aromatic heterocycles. The van der Waals surface area contributed by atoms with E-state index < -0.39 is 0 Å². The van der Waals surface area contributed by atoms with Crippen LogP contribution in [0.4, 0.5) is 4.39 Å². The van der Waals surface area contributed by atoms with Crippen LogP contribution in [-0.4, -0.2) is 20.8 Å². The number of hydrogen-bond donors (Lipinski definition) is 2. The van der Waals surface area contributed by atoms with Crippen LogP contribution < -0.4 is 5.32 Å². The van der Waals surface area contributed by atoms with Crippen molar-refractivity contribution >= 4 is 5.91 Å². The lowest BCUT2D eigenvalue weighted by Gasteiger charge is -2.09. The summed E-state index contributed by atoms with van der Waals surface area (Å²) in [4.78, 5) is 12.9. The summed E-state index contributed by atoms with van der Waals surface area (Å²) in [5, 5.41) is 17.4. The highest BCUT2D eigenvalue weighted by molar-refractivity contribution is 5.93. The van der Waals surface area contributed by atoms with Crippen LogP contribution in [-0.2, 0) is 6.54 Å². The molecule has 3 aromatic carbocycles. The molecule has 2 N–H and O–H groups in total. The molecule has 0 fully saturated rings. The molecular weight excluding hydrogens is 405 g/mol. The molecule has 0 unspecified atom stereocenters. The van der Waals surface area contributed by atoms with Crippen molar-refractivity contribution in [2.24, 2.45) is 0 Å². The van der Waals surface area contributed by atoms with Crippen LogP contribution in [0.1, 0.15) is 32.7 Å². The molecule has 162 valence electrons. The molecule has 1 amide bonds. The van der Waals surface area contributed by atoms with Crippen molar-refractivity contribution in [3.8, 4) is 22.7 Å². The van der Waals surface area contributed by atoms with Gasteiger partial charge >= 0.3 is 0 Å². The van der Waals surface area contributed by atoms with Crippen molar-refractivity contribution < 1.29 is 14.3 Å². The molecule has 6 heteroatoms. The Labute approximate surface area is 186 Å². The first-order chi connectivity index (χ1) is 15.3. The number of phenols is 1. The summed E-state index contributed by atoms with van der Waals surface area (Å²) in [6, 6.07) is 19.3. The van der Waals surface area contributed by atoms with E-state index in [-0.39, 0.29) is 23.2 Å². The summed E-state index contributed by atoms with van der Waals surface area (Å²) in [7, 11) is 0. The number of nitrogens with one attached hydrogen (secondary N) is 1. The molecule has 1 heterocycles. The number of phenolic OH excluding ortho intramolecular Hbond substituents is 1. The van der Waals surface area contributed by atoms with Gasteiger partial charge in [0.05, 0.1) is 11.4 Å². The Balaban J connectivity index is 1.65. The van der Waals surface area contributed by atoms with E-state index in [1.807, 2.05) is 57.2 Å². The number of rotatable bonds is 5. The minimum atomic E-state index is -0.338. The average molecular weight is 429 g/mol. The smallest absolute Gasteiger partial charge is 0.272 e. The molecule has 0 saturated heterocycles. The fourth-order valence-corrected chi connectivity index (χ4v) is 3.62. The van der Waals surface area contributed by atoms with Crippen LogP contribution in [0.5, 0.6) is 5.75 Å². The highest BCUT2D eigenvalue weighted by Gasteiger charge is 2.17. The molecule has 0 spiro atoms. The Hall–Kier alpha value is -3.93. The molecule has 0 aliphatic heterocycles. The van der Waals surface area contributed by atoms with Crippen LogP contribution in [0.2, 0.25) is 0 Å². The van der Waals surface area contributed by atoms with Crippen LogP contribution in [0.15, 0.2) is 66.7 Å². The van der Waals surface area contributed by atoms with E-state index in [9.17, 15) is 14.3 Å². The van der Waals surface area contributed by atoms with E-state index >= 15 is 0 Å². The fourth-order valence-electron chi connectivity index (χ4n) is 3.62. The summed E-state index contributed by atoms with van der Waals surface area (Å²) in [6.07, 6.45) is 0. The standard InChI is InChI=1S/C26H24FN3O2/c1-16-4-6-20(7-5-16)24-14-23(29-30(24)22-10-8-21(27)9-11-22)26(32)28-15-19-12-17(2)25(31)18(3)13-19/h4-14,31H,15H2,1-3H3,(H,28,32). The van der Waals surface area contributed by atoms with Gasteiger partial charge in [-0.05, 0) is 67.8 Å². The molecule has 0 saturated carbocycles. The molecular formula is C26H24FN3O2. The number of amides is 1. The van der Waals surface area contributed by atoms with Gasteiger partial charge in [0.25, 0.3) is 5.91 Å². The number of carbonyl (C=O) groups is 1. The molecule has 32 heavy (non-hydrogen) atoms. The van der Waals surface area contributed by atoms with Crippen LogP contribution in [0.3, 0.4) is 0 Å². The number of hydrogen-bond acceptors (Lipinski definition) is 3. The summed E-state index contributed by atoms with van der Waals surface area (Å²) in [5.41, 5.74) is 6.09. The average Bonchev–Trinajstić information content (AvgIpc) is 3.22. The topological polar surface area (TPSA) is 67.2 Å². The third kappa shape index (κ3) is 4.39. The molecule has 0 aliphatic carbocycles. The minimum absolute atomic E-state index is 0.261. The van der Waals surface area contributed by atoms with Gasteiger partial charge in [0.1, 0.15) is 11.6 Å². The predicted octanol–water partition coefficient (Wildman–Crippen LogP) is 5.24. The first-order valence-electron chi connectivity index (χ1n) is 10.3. The van der Waals surface area contributed by atoms with Gasteiger partial charge in [-0.25, -0.2) is 9.07 Å². The summed E-state index contributed by atoms with van der Waals surface area (Å²) < 4.78 is 15.1. The Morgan fingerprint density at radius 2 is 1.59 bits per heavy atom. The zero-order valence-electron chi connectivity index (χ0n) is 18.2. The van der Waals surface area contributed by atoms with Gasteiger partial charge in [-0.3, -0.25) is 4.79 Å². The number of carbonyl (C=O) groups excluding carboxylic acids is 1. The Bertz CT molecular complexity index is 1190. The minimum Gasteiger partial charge on any atom is -0.507 e. The summed E-state index contributed by atoms with van der Waals surface area (Å²) in [5.74, 6) is -0.390. The fraction of sp³-hybridized carbons (Fsp3) is 0.154. The summed E-state index contributed by atoms with van der Waals surface area (Å²) in [6.45, 7) is 5.97. The van der Waals surface area contributed by atoms with E-state index in [0.717, 1.165) is 33.5 Å². The number of aromatic hydroxyl groups is 1. The number of benzene rings is 3. The molecule has 0 atom stereocenters. The molecule has 4 aromatic rings. The third-order valence-corrected chi connectivity index (χ3v) is 5.36. The van der Waals surface area contributed by atoms with Crippen molar-refractivity contribution in [2.75, 3.05) is 0 Å². The zero-order chi connectivity index (χ0) is 22.8. The van der Waals surface area contributed by atoms with Crippen LogP contribution >= 0.6 is 0 Å². The maximum Gasteiger partial charge on any atom is 0.272 e. The lowest BCUT2D eigenvalue weighted by atomic mass is 10.1. The molecule has 0 aliphatic rings. The van der Waals surface area contributed by atoms with E-state index in [1.54, 1.807) is 22.9 Å². The number of aromatic nitrogens is 2. The third-order valence-electron chi connectivity index (χ3n) is 5.36. The molecule has 0 bridgehead atoms. The van der Waals surface area contributed by atoms with Gasteiger partial charge in [-0.15, -0.1) is 0 Å². The van der Waals surface area contributed by atoms with E-state index in [1.165, 1.54) is 12.1 Å². The first-order valence-corrected chi connectivity index (χ1v) is 10.3. The summed E-state index contributed by atoms with van der Waals surface area (Å²) >= 11 is 0. The van der Waals surface area contributed by atoms with E-state index in [2.05, 4.69) is 10.4 Å². The van der Waals surface area contributed by atoms with Gasteiger partial charge in [-0.1, -0.05) is 42.0 Å². The second-order valence-electron chi connectivity index (χ2n) is 7.93. The number of aryl methyl sites for hydroxylation is 3. The van der Waals surface area contributed by atoms with Crippen molar-refractivity contribution in [1.82, 2.24) is 15.1 Å². The second-order valence-corrected chi connectivity index (χ2v) is 7.93. The van der Waals surface area contributed by atoms with Crippen molar-refractivity contribution in [2.45, 2.75) is 27.3 Å². The zero-order valence-corrected chi connectivity index (χ0v) is 18.2. The maximum absolute atomic E-state index is 13.4. The highest BCUT2D eigenvalue weighted by Crippen LogP contribution is 2.25.